The Morgan fingerprint density at radius 2 is 2.05 bits per heavy atom. The standard InChI is InChI=1S/C14H20BrNO4/c1-4-19-11-6-9(7-16)5-10(15)12(11)20-8-14(2,3)13(17)18/h5-6H,4,7-8,16H2,1-3H3,(H,17,18). The maximum atomic E-state index is 11.1. The van der Waals surface area contributed by atoms with Crippen molar-refractivity contribution in [1.82, 2.24) is 0 Å². The summed E-state index contributed by atoms with van der Waals surface area (Å²) in [6, 6.07) is 3.64. The lowest BCUT2D eigenvalue weighted by Crippen LogP contribution is -2.30. The lowest BCUT2D eigenvalue weighted by Gasteiger charge is -2.22. The van der Waals surface area contributed by atoms with E-state index in [0.717, 1.165) is 5.56 Å². The number of hydrogen-bond donors (Lipinski definition) is 2. The topological polar surface area (TPSA) is 81.8 Å². The van der Waals surface area contributed by atoms with Crippen molar-refractivity contribution < 1.29 is 19.4 Å². The molecule has 0 atom stereocenters. The highest BCUT2D eigenvalue weighted by Gasteiger charge is 2.29. The highest BCUT2D eigenvalue weighted by Crippen LogP contribution is 2.37. The van der Waals surface area contributed by atoms with Crippen molar-refractivity contribution >= 4 is 21.9 Å². The molecule has 0 heterocycles. The van der Waals surface area contributed by atoms with Crippen molar-refractivity contribution in [2.45, 2.75) is 27.3 Å². The van der Waals surface area contributed by atoms with Gasteiger partial charge >= 0.3 is 5.97 Å². The molecule has 0 saturated heterocycles. The Labute approximate surface area is 127 Å². The number of carboxylic acids is 1. The second kappa shape index (κ2) is 6.95. The van der Waals surface area contributed by atoms with Crippen LogP contribution in [0.2, 0.25) is 0 Å². The number of aliphatic carboxylic acids is 1. The van der Waals surface area contributed by atoms with Crippen molar-refractivity contribution in [3.8, 4) is 11.5 Å². The van der Waals surface area contributed by atoms with Gasteiger partial charge in [0.25, 0.3) is 0 Å². The first kappa shape index (κ1) is 16.8. The molecular weight excluding hydrogens is 326 g/mol. The highest BCUT2D eigenvalue weighted by molar-refractivity contribution is 9.10. The fraction of sp³-hybridized carbons (Fsp3) is 0.500. The van der Waals surface area contributed by atoms with Gasteiger partial charge in [0.05, 0.1) is 16.5 Å². The van der Waals surface area contributed by atoms with Gasteiger partial charge in [-0.25, -0.2) is 0 Å². The van der Waals surface area contributed by atoms with Gasteiger partial charge in [-0.1, -0.05) is 0 Å². The maximum absolute atomic E-state index is 11.1. The first-order valence-corrected chi connectivity index (χ1v) is 7.12. The van der Waals surface area contributed by atoms with Gasteiger partial charge < -0.3 is 20.3 Å². The van der Waals surface area contributed by atoms with E-state index < -0.39 is 11.4 Å². The van der Waals surface area contributed by atoms with E-state index in [4.69, 9.17) is 20.3 Å². The number of rotatable bonds is 7. The lowest BCUT2D eigenvalue weighted by atomic mass is 9.95. The van der Waals surface area contributed by atoms with Gasteiger partial charge in [0, 0.05) is 6.54 Å². The van der Waals surface area contributed by atoms with Crippen LogP contribution in [-0.2, 0) is 11.3 Å². The van der Waals surface area contributed by atoms with Crippen LogP contribution < -0.4 is 15.2 Å². The van der Waals surface area contributed by atoms with Crippen LogP contribution in [0, 0.1) is 5.41 Å². The largest absolute Gasteiger partial charge is 0.490 e. The van der Waals surface area contributed by atoms with Gasteiger partial charge in [0.1, 0.15) is 6.61 Å². The molecular formula is C14H20BrNO4. The van der Waals surface area contributed by atoms with Crippen LogP contribution in [0.3, 0.4) is 0 Å². The molecule has 0 aliphatic carbocycles. The molecule has 1 aromatic rings. The molecule has 0 saturated carbocycles. The van der Waals surface area contributed by atoms with Crippen LogP contribution in [-0.4, -0.2) is 24.3 Å². The molecule has 0 fully saturated rings. The van der Waals surface area contributed by atoms with Gasteiger partial charge in [0.2, 0.25) is 0 Å². The maximum Gasteiger partial charge on any atom is 0.312 e. The summed E-state index contributed by atoms with van der Waals surface area (Å²) in [6.45, 7) is 6.01. The molecule has 112 valence electrons. The fourth-order valence-corrected chi connectivity index (χ4v) is 2.06. The van der Waals surface area contributed by atoms with E-state index in [2.05, 4.69) is 15.9 Å². The normalized spacial score (nSPS) is 11.2. The second-order valence-electron chi connectivity index (χ2n) is 5.02. The number of nitrogens with two attached hydrogens (primary N) is 1. The Kier molecular flexibility index (Phi) is 5.83. The van der Waals surface area contributed by atoms with Crippen molar-refractivity contribution in [1.29, 1.82) is 0 Å². The summed E-state index contributed by atoms with van der Waals surface area (Å²) in [5.41, 5.74) is 5.55. The Morgan fingerprint density at radius 3 is 2.55 bits per heavy atom. The summed E-state index contributed by atoms with van der Waals surface area (Å²) >= 11 is 3.41. The van der Waals surface area contributed by atoms with E-state index >= 15 is 0 Å². The molecule has 20 heavy (non-hydrogen) atoms. The van der Waals surface area contributed by atoms with Gasteiger partial charge in [-0.15, -0.1) is 0 Å². The summed E-state index contributed by atoms with van der Waals surface area (Å²) in [5, 5.41) is 9.10. The summed E-state index contributed by atoms with van der Waals surface area (Å²) in [4.78, 5) is 11.1. The van der Waals surface area contributed by atoms with Gasteiger partial charge in [0.15, 0.2) is 11.5 Å². The quantitative estimate of drug-likeness (QED) is 0.793. The zero-order valence-corrected chi connectivity index (χ0v) is 13.5. The number of hydrogen-bond acceptors (Lipinski definition) is 4. The van der Waals surface area contributed by atoms with Crippen LogP contribution in [0.15, 0.2) is 16.6 Å². The Morgan fingerprint density at radius 1 is 1.40 bits per heavy atom. The van der Waals surface area contributed by atoms with Gasteiger partial charge in [-0.05, 0) is 54.4 Å². The Balaban J connectivity index is 3.01. The summed E-state index contributed by atoms with van der Waals surface area (Å²) < 4.78 is 11.9. The molecule has 1 aromatic carbocycles. The van der Waals surface area contributed by atoms with Crippen LogP contribution in [0.5, 0.6) is 11.5 Å². The third-order valence-electron chi connectivity index (χ3n) is 2.76. The van der Waals surface area contributed by atoms with E-state index in [0.29, 0.717) is 29.1 Å². The van der Waals surface area contributed by atoms with Gasteiger partial charge in [-0.3, -0.25) is 4.79 Å². The number of ether oxygens (including phenoxy) is 2. The molecule has 5 nitrogen and oxygen atoms in total. The molecule has 0 unspecified atom stereocenters. The molecule has 0 radical (unpaired) electrons. The molecule has 3 N–H and O–H groups in total. The monoisotopic (exact) mass is 345 g/mol. The molecule has 0 amide bonds. The number of halogens is 1. The van der Waals surface area contributed by atoms with Crippen molar-refractivity contribution in [3.63, 3.8) is 0 Å². The minimum absolute atomic E-state index is 0.0446. The lowest BCUT2D eigenvalue weighted by molar-refractivity contribution is -0.148. The number of benzene rings is 1. The van der Waals surface area contributed by atoms with Crippen LogP contribution >= 0.6 is 15.9 Å². The van der Waals surface area contributed by atoms with Crippen molar-refractivity contribution in [2.24, 2.45) is 11.1 Å². The van der Waals surface area contributed by atoms with E-state index in [1.807, 2.05) is 13.0 Å². The van der Waals surface area contributed by atoms with Crippen molar-refractivity contribution in [3.05, 3.63) is 22.2 Å². The average molecular weight is 346 g/mol. The summed E-state index contributed by atoms with van der Waals surface area (Å²) in [5.74, 6) is 0.145. The van der Waals surface area contributed by atoms with Gasteiger partial charge in [-0.2, -0.15) is 0 Å². The molecule has 0 aromatic heterocycles. The Bertz CT molecular complexity index is 488. The third kappa shape index (κ3) is 4.11. The third-order valence-corrected chi connectivity index (χ3v) is 3.35. The zero-order chi connectivity index (χ0) is 15.3. The van der Waals surface area contributed by atoms with Crippen LogP contribution in [0.4, 0.5) is 0 Å². The molecule has 0 spiro atoms. The summed E-state index contributed by atoms with van der Waals surface area (Å²) in [6.07, 6.45) is 0. The average Bonchev–Trinajstić information content (AvgIpc) is 2.37. The van der Waals surface area contributed by atoms with E-state index in [-0.39, 0.29) is 6.61 Å². The highest BCUT2D eigenvalue weighted by atomic mass is 79.9. The minimum atomic E-state index is -0.977. The predicted octanol–water partition coefficient (Wildman–Crippen LogP) is 2.80. The van der Waals surface area contributed by atoms with E-state index in [1.165, 1.54) is 0 Å². The molecule has 1 rings (SSSR count). The molecule has 0 bridgehead atoms. The SMILES string of the molecule is CCOc1cc(CN)cc(Br)c1OCC(C)(C)C(=O)O. The first-order chi connectivity index (χ1) is 9.31. The van der Waals surface area contributed by atoms with E-state index in [1.54, 1.807) is 19.9 Å². The smallest absolute Gasteiger partial charge is 0.312 e. The van der Waals surface area contributed by atoms with Crippen molar-refractivity contribution in [2.75, 3.05) is 13.2 Å². The zero-order valence-electron chi connectivity index (χ0n) is 11.9. The molecule has 0 aliphatic heterocycles. The van der Waals surface area contributed by atoms with E-state index in [9.17, 15) is 4.79 Å². The fourth-order valence-electron chi connectivity index (χ4n) is 1.46. The van der Waals surface area contributed by atoms with Crippen LogP contribution in [0.25, 0.3) is 0 Å². The summed E-state index contributed by atoms with van der Waals surface area (Å²) in [7, 11) is 0. The van der Waals surface area contributed by atoms with Crippen LogP contribution in [0.1, 0.15) is 26.3 Å². The first-order valence-electron chi connectivity index (χ1n) is 6.33. The number of carbonyl (C=O) groups is 1. The minimum Gasteiger partial charge on any atom is -0.490 e. The molecule has 0 aliphatic rings. The number of carboxylic acid groups (broad SMARTS) is 1. The Hall–Kier alpha value is -1.27. The second-order valence-corrected chi connectivity index (χ2v) is 5.87. The molecule has 6 heteroatoms. The predicted molar refractivity (Wildman–Crippen MR) is 80.1 cm³/mol.